The van der Waals surface area contributed by atoms with Crippen molar-refractivity contribution in [2.75, 3.05) is 41.3 Å². The van der Waals surface area contributed by atoms with Crippen molar-refractivity contribution >= 4 is 46.0 Å². The Hall–Kier alpha value is -4.54. The van der Waals surface area contributed by atoms with Crippen molar-refractivity contribution in [2.45, 2.75) is 33.6 Å². The third kappa shape index (κ3) is 5.88. The van der Waals surface area contributed by atoms with Crippen LogP contribution in [0, 0.1) is 17.0 Å². The topological polar surface area (TPSA) is 137 Å². The van der Waals surface area contributed by atoms with Gasteiger partial charge in [-0.05, 0) is 75.6 Å². The summed E-state index contributed by atoms with van der Waals surface area (Å²) in [6, 6.07) is 13.5. The molecule has 198 valence electrons. The summed E-state index contributed by atoms with van der Waals surface area (Å²) in [6.07, 6.45) is 2.21. The quantitative estimate of drug-likeness (QED) is 0.174. The first-order chi connectivity index (χ1) is 18.3. The Morgan fingerprint density at radius 1 is 1.11 bits per heavy atom. The molecule has 11 nitrogen and oxygen atoms in total. The highest BCUT2D eigenvalue weighted by Crippen LogP contribution is 2.36. The minimum absolute atomic E-state index is 0.0145. The van der Waals surface area contributed by atoms with Crippen molar-refractivity contribution in [1.82, 2.24) is 4.98 Å². The predicted molar refractivity (Wildman–Crippen MR) is 148 cm³/mol. The maximum Gasteiger partial charge on any atom is 0.338 e. The van der Waals surface area contributed by atoms with Gasteiger partial charge in [0.05, 0.1) is 10.5 Å². The van der Waals surface area contributed by atoms with Gasteiger partial charge in [0.15, 0.2) is 5.82 Å². The van der Waals surface area contributed by atoms with E-state index >= 15 is 0 Å². The van der Waals surface area contributed by atoms with Crippen molar-refractivity contribution in [3.8, 4) is 0 Å². The second kappa shape index (κ2) is 11.7. The van der Waals surface area contributed by atoms with Gasteiger partial charge in [-0.2, -0.15) is 0 Å². The molecule has 0 amide bonds. The van der Waals surface area contributed by atoms with Crippen LogP contribution < -0.4 is 15.1 Å². The first-order valence-electron chi connectivity index (χ1n) is 12.6. The lowest BCUT2D eigenvalue weighted by Gasteiger charge is -2.22. The van der Waals surface area contributed by atoms with Crippen LogP contribution in [0.4, 0.5) is 40.1 Å². The predicted octanol–water partition coefficient (Wildman–Crippen LogP) is 6.60. The summed E-state index contributed by atoms with van der Waals surface area (Å²) in [7, 11) is 0. The van der Waals surface area contributed by atoms with Crippen LogP contribution in [-0.2, 0) is 0 Å². The van der Waals surface area contributed by atoms with Crippen LogP contribution in [-0.4, -0.2) is 47.2 Å². The van der Waals surface area contributed by atoms with E-state index in [9.17, 15) is 20.0 Å². The molecular weight excluding hydrogens is 486 g/mol. The number of pyridine rings is 1. The molecule has 2 aromatic carbocycles. The number of nitrogens with one attached hydrogen (secondary N) is 1. The summed E-state index contributed by atoms with van der Waals surface area (Å²) in [5.41, 5.74) is 2.59. The first kappa shape index (κ1) is 26.5. The molecule has 0 spiro atoms. The molecule has 1 aromatic heterocycles. The van der Waals surface area contributed by atoms with Crippen LogP contribution in [0.15, 0.2) is 58.8 Å². The van der Waals surface area contributed by atoms with Gasteiger partial charge in [0.25, 0.3) is 5.69 Å². The number of hydrogen-bond acceptors (Lipinski definition) is 9. The second-order valence-electron chi connectivity index (χ2n) is 9.00. The normalized spacial score (nSPS) is 13.2. The molecule has 1 aliphatic heterocycles. The molecule has 1 fully saturated rings. The van der Waals surface area contributed by atoms with Crippen LogP contribution in [0.3, 0.4) is 0 Å². The molecule has 0 atom stereocenters. The molecule has 0 unspecified atom stereocenters. The number of carboxylic acids is 1. The number of benzene rings is 2. The molecule has 0 bridgehead atoms. The average Bonchev–Trinajstić information content (AvgIpc) is 3.45. The largest absolute Gasteiger partial charge is 0.478 e. The van der Waals surface area contributed by atoms with E-state index in [1.165, 1.54) is 12.1 Å². The molecular formula is C27H31N7O4. The molecule has 4 rings (SSSR count). The third-order valence-electron chi connectivity index (χ3n) is 6.54. The highest BCUT2D eigenvalue weighted by atomic mass is 16.6. The fourth-order valence-corrected chi connectivity index (χ4v) is 4.45. The van der Waals surface area contributed by atoms with Crippen LogP contribution in [0.2, 0.25) is 0 Å². The molecule has 3 aromatic rings. The molecule has 0 aliphatic carbocycles. The summed E-state index contributed by atoms with van der Waals surface area (Å²) in [5.74, 6) is 0.00122. The zero-order valence-electron chi connectivity index (χ0n) is 21.7. The molecule has 1 saturated heterocycles. The molecule has 1 aliphatic rings. The van der Waals surface area contributed by atoms with Gasteiger partial charge in [0.1, 0.15) is 17.2 Å². The van der Waals surface area contributed by atoms with E-state index in [-0.39, 0.29) is 16.9 Å². The average molecular weight is 518 g/mol. The number of aromatic nitrogens is 1. The zero-order valence-corrected chi connectivity index (χ0v) is 21.7. The number of carbonyl (C=O) groups is 1. The SMILES string of the molecule is CCN(CC)c1ccc(Nc2nc(N3CCCC3)cc(C)c2N=Nc2ccc([N+](=O)[O-])cc2C(=O)O)cc1. The standard InChI is InChI=1S/C27H31N7O4/c1-4-32(5-2)20-10-8-19(9-11-20)28-26-25(18(3)16-24(29-26)33-14-6-7-15-33)31-30-23-13-12-21(34(37)38)17-22(23)27(35)36/h8-13,16-17H,4-7,14-15H2,1-3H3,(H,28,29)(H,35,36). The van der Waals surface area contributed by atoms with Crippen LogP contribution in [0.1, 0.15) is 42.6 Å². The Kier molecular flexibility index (Phi) is 8.15. The lowest BCUT2D eigenvalue weighted by Crippen LogP contribution is -2.21. The van der Waals surface area contributed by atoms with E-state index in [2.05, 4.69) is 39.2 Å². The Labute approximate surface area is 221 Å². The fourth-order valence-electron chi connectivity index (χ4n) is 4.45. The molecule has 38 heavy (non-hydrogen) atoms. The summed E-state index contributed by atoms with van der Waals surface area (Å²) in [4.78, 5) is 31.5. The smallest absolute Gasteiger partial charge is 0.338 e. The number of azo groups is 1. The van der Waals surface area contributed by atoms with E-state index in [0.29, 0.717) is 11.5 Å². The van der Waals surface area contributed by atoms with Gasteiger partial charge in [-0.25, -0.2) is 9.78 Å². The number of rotatable bonds is 10. The molecule has 0 saturated carbocycles. The summed E-state index contributed by atoms with van der Waals surface area (Å²) in [5, 5.41) is 32.6. The summed E-state index contributed by atoms with van der Waals surface area (Å²) in [6.45, 7) is 9.81. The summed E-state index contributed by atoms with van der Waals surface area (Å²) < 4.78 is 0. The van der Waals surface area contributed by atoms with E-state index in [1.807, 2.05) is 37.3 Å². The summed E-state index contributed by atoms with van der Waals surface area (Å²) >= 11 is 0. The maximum atomic E-state index is 11.7. The third-order valence-corrected chi connectivity index (χ3v) is 6.54. The van der Waals surface area contributed by atoms with Crippen molar-refractivity contribution in [1.29, 1.82) is 0 Å². The molecule has 2 N–H and O–H groups in total. The van der Waals surface area contributed by atoms with Gasteiger partial charge in [-0.1, -0.05) is 0 Å². The van der Waals surface area contributed by atoms with Gasteiger partial charge >= 0.3 is 5.97 Å². The highest BCUT2D eigenvalue weighted by Gasteiger charge is 2.19. The first-order valence-corrected chi connectivity index (χ1v) is 12.6. The van der Waals surface area contributed by atoms with E-state index in [1.54, 1.807) is 0 Å². The minimum atomic E-state index is -1.33. The molecule has 0 radical (unpaired) electrons. The number of non-ortho nitro benzene ring substituents is 1. The van der Waals surface area contributed by atoms with Crippen LogP contribution >= 0.6 is 0 Å². The fraction of sp³-hybridized carbons (Fsp3) is 0.333. The van der Waals surface area contributed by atoms with Gasteiger partial charge in [0, 0.05) is 49.7 Å². The number of nitrogens with zero attached hydrogens (tertiary/aromatic N) is 6. The second-order valence-corrected chi connectivity index (χ2v) is 9.00. The van der Waals surface area contributed by atoms with E-state index in [4.69, 9.17) is 4.98 Å². The van der Waals surface area contributed by atoms with Crippen molar-refractivity contribution in [2.24, 2.45) is 10.2 Å². The van der Waals surface area contributed by atoms with Gasteiger partial charge in [-0.15, -0.1) is 10.2 Å². The number of nitro groups is 1. The highest BCUT2D eigenvalue weighted by molar-refractivity contribution is 5.94. The lowest BCUT2D eigenvalue weighted by atomic mass is 10.1. The number of carboxylic acid groups (broad SMARTS) is 1. The van der Waals surface area contributed by atoms with Gasteiger partial charge in [0.2, 0.25) is 0 Å². The zero-order chi connectivity index (χ0) is 27.2. The van der Waals surface area contributed by atoms with E-state index in [0.717, 1.165) is 67.8 Å². The Morgan fingerprint density at radius 2 is 1.79 bits per heavy atom. The van der Waals surface area contributed by atoms with Gasteiger partial charge < -0.3 is 20.2 Å². The van der Waals surface area contributed by atoms with Gasteiger partial charge in [-0.3, -0.25) is 10.1 Å². The monoisotopic (exact) mass is 517 g/mol. The number of aromatic carboxylic acids is 1. The van der Waals surface area contributed by atoms with Crippen molar-refractivity contribution < 1.29 is 14.8 Å². The van der Waals surface area contributed by atoms with Crippen LogP contribution in [0.25, 0.3) is 0 Å². The number of nitro benzene ring substituents is 1. The lowest BCUT2D eigenvalue weighted by molar-refractivity contribution is -0.384. The number of aryl methyl sites for hydroxylation is 1. The molecule has 11 heteroatoms. The Balaban J connectivity index is 1.72. The Morgan fingerprint density at radius 3 is 2.39 bits per heavy atom. The van der Waals surface area contributed by atoms with Crippen molar-refractivity contribution in [3.63, 3.8) is 0 Å². The maximum absolute atomic E-state index is 11.7. The van der Waals surface area contributed by atoms with E-state index < -0.39 is 10.9 Å². The Bertz CT molecular complexity index is 1350. The minimum Gasteiger partial charge on any atom is -0.478 e. The number of hydrogen-bond donors (Lipinski definition) is 2. The van der Waals surface area contributed by atoms with Crippen LogP contribution in [0.5, 0.6) is 0 Å². The van der Waals surface area contributed by atoms with Crippen molar-refractivity contribution in [3.05, 3.63) is 69.8 Å². The number of anilines is 4. The molecule has 2 heterocycles.